The van der Waals surface area contributed by atoms with E-state index >= 15 is 0 Å². The second-order valence-corrected chi connectivity index (χ2v) is 9.47. The van der Waals surface area contributed by atoms with Gasteiger partial charge in [0.2, 0.25) is 5.95 Å². The van der Waals surface area contributed by atoms with Crippen molar-refractivity contribution >= 4 is 45.4 Å². The Kier molecular flexibility index (Phi) is 6.98. The summed E-state index contributed by atoms with van der Waals surface area (Å²) < 4.78 is 10.9. The number of hydrazone groups is 1. The molecule has 2 fully saturated rings. The fourth-order valence-electron chi connectivity index (χ4n) is 4.10. The Bertz CT molecular complexity index is 1180. The number of amides is 1. The summed E-state index contributed by atoms with van der Waals surface area (Å²) in [6.07, 6.45) is 3.42. The van der Waals surface area contributed by atoms with Crippen LogP contribution in [0.5, 0.6) is 0 Å². The van der Waals surface area contributed by atoms with E-state index in [1.807, 2.05) is 31.2 Å². The number of hydrogen-bond acceptors (Lipinski definition) is 9. The molecule has 4 heterocycles. The van der Waals surface area contributed by atoms with Crippen molar-refractivity contribution in [3.8, 4) is 0 Å². The maximum atomic E-state index is 12.9. The lowest BCUT2D eigenvalue weighted by Gasteiger charge is -2.28. The van der Waals surface area contributed by atoms with Gasteiger partial charge in [-0.05, 0) is 31.4 Å². The second-order valence-electron chi connectivity index (χ2n) is 8.44. The molecule has 2 N–H and O–H groups in total. The van der Waals surface area contributed by atoms with Crippen LogP contribution < -0.4 is 15.6 Å². The molecule has 2 aromatic heterocycles. The highest BCUT2D eigenvalue weighted by molar-refractivity contribution is 7.20. The lowest BCUT2D eigenvalue weighted by atomic mass is 10.1. The Balaban J connectivity index is 1.41. The number of aromatic nitrogens is 2. The molecule has 3 aromatic rings. The van der Waals surface area contributed by atoms with Gasteiger partial charge in [-0.1, -0.05) is 29.8 Å². The van der Waals surface area contributed by atoms with E-state index in [9.17, 15) is 4.79 Å². The van der Waals surface area contributed by atoms with Crippen molar-refractivity contribution in [2.24, 2.45) is 5.10 Å². The van der Waals surface area contributed by atoms with E-state index in [2.05, 4.69) is 31.8 Å². The third-order valence-corrected chi connectivity index (χ3v) is 6.91. The Morgan fingerprint density at radius 3 is 2.74 bits per heavy atom. The lowest BCUT2D eigenvalue weighted by Crippen LogP contribution is -2.38. The summed E-state index contributed by atoms with van der Waals surface area (Å²) in [5, 5.41) is 8.35. The third kappa shape index (κ3) is 5.35. The summed E-state index contributed by atoms with van der Waals surface area (Å²) in [4.78, 5) is 25.9. The quantitative estimate of drug-likeness (QED) is 0.413. The van der Waals surface area contributed by atoms with Gasteiger partial charge in [-0.15, -0.1) is 11.3 Å². The van der Waals surface area contributed by atoms with Crippen molar-refractivity contribution < 1.29 is 14.3 Å². The number of morpholine rings is 1. The average Bonchev–Trinajstić information content (AvgIpc) is 3.29. The van der Waals surface area contributed by atoms with Crippen LogP contribution in [0, 0.1) is 6.92 Å². The van der Waals surface area contributed by atoms with Crippen LogP contribution in [0.2, 0.25) is 0 Å². The predicted molar refractivity (Wildman–Crippen MR) is 134 cm³/mol. The summed E-state index contributed by atoms with van der Waals surface area (Å²) in [6.45, 7) is 6.16. The van der Waals surface area contributed by atoms with Gasteiger partial charge in [-0.25, -0.2) is 10.4 Å². The molecule has 9 nitrogen and oxygen atoms in total. The Labute approximate surface area is 202 Å². The fourth-order valence-corrected chi connectivity index (χ4v) is 5.03. The first-order chi connectivity index (χ1) is 16.7. The molecule has 10 heteroatoms. The van der Waals surface area contributed by atoms with Crippen LogP contribution in [-0.4, -0.2) is 67.6 Å². The highest BCUT2D eigenvalue weighted by Gasteiger charge is 2.23. The number of fused-ring (bicyclic) bond motifs is 1. The molecule has 0 saturated carbocycles. The Morgan fingerprint density at radius 1 is 1.15 bits per heavy atom. The van der Waals surface area contributed by atoms with Crippen molar-refractivity contribution in [1.82, 2.24) is 15.3 Å². The summed E-state index contributed by atoms with van der Waals surface area (Å²) in [6, 6.07) is 10.1. The van der Waals surface area contributed by atoms with Gasteiger partial charge in [0.15, 0.2) is 0 Å². The molecule has 0 bridgehead atoms. The van der Waals surface area contributed by atoms with Gasteiger partial charge in [0.05, 0.1) is 29.7 Å². The van der Waals surface area contributed by atoms with Crippen LogP contribution in [0.3, 0.4) is 0 Å². The summed E-state index contributed by atoms with van der Waals surface area (Å²) in [5.41, 5.74) is 5.13. The molecule has 0 atom stereocenters. The molecular weight excluding hydrogens is 452 g/mol. The monoisotopic (exact) mass is 480 g/mol. The van der Waals surface area contributed by atoms with Gasteiger partial charge in [-0.3, -0.25) is 4.79 Å². The number of benzene rings is 1. The van der Waals surface area contributed by atoms with Gasteiger partial charge >= 0.3 is 0 Å². The Morgan fingerprint density at radius 2 is 1.94 bits per heavy atom. The third-order valence-electron chi connectivity index (χ3n) is 5.88. The maximum Gasteiger partial charge on any atom is 0.261 e. The molecule has 5 rings (SSSR count). The number of nitrogens with zero attached hydrogens (tertiary/aromatic N) is 4. The highest BCUT2D eigenvalue weighted by Crippen LogP contribution is 2.32. The normalized spacial score (nSPS) is 17.4. The van der Waals surface area contributed by atoms with E-state index < -0.39 is 0 Å². The van der Waals surface area contributed by atoms with E-state index in [-0.39, 0.29) is 11.9 Å². The number of ether oxygens (including phenoxy) is 2. The Hall–Kier alpha value is -3.08. The zero-order valence-corrected chi connectivity index (χ0v) is 19.9. The number of hydrogen-bond donors (Lipinski definition) is 2. The minimum atomic E-state index is -0.0743. The minimum absolute atomic E-state index is 0.0743. The van der Waals surface area contributed by atoms with E-state index in [4.69, 9.17) is 14.5 Å². The molecule has 0 spiro atoms. The smallest absolute Gasteiger partial charge is 0.261 e. The minimum Gasteiger partial charge on any atom is -0.381 e. The molecule has 2 saturated heterocycles. The second kappa shape index (κ2) is 10.5. The number of rotatable bonds is 6. The first kappa shape index (κ1) is 22.7. The molecule has 1 aromatic carbocycles. The molecule has 0 radical (unpaired) electrons. The van der Waals surface area contributed by atoms with Crippen molar-refractivity contribution in [2.75, 3.05) is 49.8 Å². The molecule has 1 amide bonds. The van der Waals surface area contributed by atoms with Crippen molar-refractivity contribution in [2.45, 2.75) is 25.8 Å². The zero-order chi connectivity index (χ0) is 23.3. The summed E-state index contributed by atoms with van der Waals surface area (Å²) in [5.74, 6) is 1.12. The van der Waals surface area contributed by atoms with Crippen LogP contribution in [0.1, 0.15) is 33.6 Å². The lowest BCUT2D eigenvalue weighted by molar-refractivity contribution is 0.0698. The summed E-state index contributed by atoms with van der Waals surface area (Å²) >= 11 is 1.37. The summed E-state index contributed by atoms with van der Waals surface area (Å²) in [7, 11) is 0. The number of thiophene rings is 1. The number of nitrogens with one attached hydrogen (secondary N) is 2. The van der Waals surface area contributed by atoms with Crippen LogP contribution in [0.4, 0.5) is 11.8 Å². The number of aryl methyl sites for hydroxylation is 1. The molecule has 34 heavy (non-hydrogen) atoms. The van der Waals surface area contributed by atoms with Crippen LogP contribution in [0.15, 0.2) is 35.4 Å². The zero-order valence-electron chi connectivity index (χ0n) is 19.1. The molecule has 0 aliphatic carbocycles. The van der Waals surface area contributed by atoms with Crippen LogP contribution >= 0.6 is 11.3 Å². The molecular formula is C24H28N6O3S. The molecule has 178 valence electrons. The molecule has 2 aliphatic heterocycles. The van der Waals surface area contributed by atoms with Gasteiger partial charge in [-0.2, -0.15) is 10.1 Å². The van der Waals surface area contributed by atoms with Gasteiger partial charge in [0.25, 0.3) is 5.91 Å². The topological polar surface area (TPSA) is 101 Å². The first-order valence-corrected chi connectivity index (χ1v) is 12.4. The van der Waals surface area contributed by atoms with Gasteiger partial charge < -0.3 is 19.7 Å². The van der Waals surface area contributed by atoms with Crippen molar-refractivity contribution in [1.29, 1.82) is 0 Å². The fraction of sp³-hybridized carbons (Fsp3) is 0.417. The molecule has 2 aliphatic rings. The van der Waals surface area contributed by atoms with E-state index in [1.165, 1.54) is 16.9 Å². The SMILES string of the molecule is Cc1cccc(/C=N/Nc2nc(N3CCOCC3)c3cc(C(=O)NC4CCOCC4)sc3n2)c1. The maximum absolute atomic E-state index is 12.9. The van der Waals surface area contributed by atoms with Crippen LogP contribution in [0.25, 0.3) is 10.2 Å². The van der Waals surface area contributed by atoms with Crippen LogP contribution in [-0.2, 0) is 9.47 Å². The number of carbonyl (C=O) groups excluding carboxylic acids is 1. The van der Waals surface area contributed by atoms with E-state index in [1.54, 1.807) is 6.21 Å². The van der Waals surface area contributed by atoms with Crippen molar-refractivity contribution in [3.05, 3.63) is 46.3 Å². The number of anilines is 2. The molecule has 0 unspecified atom stereocenters. The average molecular weight is 481 g/mol. The predicted octanol–water partition coefficient (Wildman–Crippen LogP) is 3.19. The standard InChI is InChI=1S/C24H28N6O3S/c1-16-3-2-4-17(13-16)15-25-29-24-27-21(30-7-11-33-12-8-30)19-14-20(34-23(19)28-24)22(31)26-18-5-9-32-10-6-18/h2-4,13-15,18H,5-12H2,1H3,(H,26,31)(H,27,28,29)/b25-15+. The number of carbonyl (C=O) groups is 1. The van der Waals surface area contributed by atoms with E-state index in [0.29, 0.717) is 37.3 Å². The largest absolute Gasteiger partial charge is 0.381 e. The van der Waals surface area contributed by atoms with Gasteiger partial charge in [0, 0.05) is 32.3 Å². The van der Waals surface area contributed by atoms with E-state index in [0.717, 1.165) is 47.5 Å². The first-order valence-electron chi connectivity index (χ1n) is 11.5. The highest BCUT2D eigenvalue weighted by atomic mass is 32.1. The van der Waals surface area contributed by atoms with Gasteiger partial charge in [0.1, 0.15) is 10.6 Å². The van der Waals surface area contributed by atoms with Crippen molar-refractivity contribution in [3.63, 3.8) is 0 Å².